The van der Waals surface area contributed by atoms with Crippen LogP contribution >= 0.6 is 11.6 Å². The molecular weight excluding hydrogens is 1190 g/mol. The summed E-state index contributed by atoms with van der Waals surface area (Å²) in [5.74, 6) is 1.87. The number of nitrogens with one attached hydrogen (secondary N) is 2. The maximum absolute atomic E-state index is 12.8. The summed E-state index contributed by atoms with van der Waals surface area (Å²) in [6, 6.07) is 44.3. The number of rotatable bonds is 17. The van der Waals surface area contributed by atoms with Gasteiger partial charge in [0.2, 0.25) is 11.9 Å². The average Bonchev–Trinajstić information content (AvgIpc) is 1.64. The molecule has 91 heavy (non-hydrogen) atoms. The summed E-state index contributed by atoms with van der Waals surface area (Å²) in [6.07, 6.45) is 2.12. The summed E-state index contributed by atoms with van der Waals surface area (Å²) in [5, 5.41) is 9.98. The highest BCUT2D eigenvalue weighted by atomic mass is 35.5. The van der Waals surface area contributed by atoms with Gasteiger partial charge >= 0.3 is 12.2 Å². The summed E-state index contributed by atoms with van der Waals surface area (Å²) in [4.78, 5) is 87.3. The van der Waals surface area contributed by atoms with Crippen LogP contribution in [0.2, 0.25) is 0 Å². The molecule has 4 aliphatic heterocycles. The maximum Gasteiger partial charge on any atom is 0.411 e. The van der Waals surface area contributed by atoms with Crippen LogP contribution in [0.25, 0.3) is 22.3 Å². The number of aliphatic hydroxyl groups is 1. The minimum Gasteiger partial charge on any atom is -0.497 e. The van der Waals surface area contributed by atoms with Crippen molar-refractivity contribution >= 4 is 70.7 Å². The zero-order valence-corrected chi connectivity index (χ0v) is 51.1. The van der Waals surface area contributed by atoms with Crippen molar-refractivity contribution in [2.75, 3.05) is 49.0 Å². The zero-order valence-electron chi connectivity index (χ0n) is 50.3. The highest BCUT2D eigenvalue weighted by molar-refractivity contribution is 6.28. The van der Waals surface area contributed by atoms with Gasteiger partial charge in [-0.15, -0.1) is 11.6 Å². The van der Waals surface area contributed by atoms with Gasteiger partial charge in [-0.3, -0.25) is 38.5 Å². The number of carbonyl (C=O) groups is 2. The Morgan fingerprint density at radius 1 is 0.593 bits per heavy atom. The number of aliphatic hydroxyl groups excluding tert-OH is 1. The minimum absolute atomic E-state index is 0. The summed E-state index contributed by atoms with van der Waals surface area (Å²) in [6.45, 7) is 2.45. The Morgan fingerprint density at radius 3 is 1.36 bits per heavy atom. The first-order valence-electron chi connectivity index (χ1n) is 28.9. The molecular formula is C65H71ClN14O11. The van der Waals surface area contributed by atoms with E-state index in [0.717, 1.165) is 39.3 Å². The zero-order chi connectivity index (χ0) is 63.2. The SMILES string of the molecule is C.CC[C@H]1O[C@@H](n2cnc3c(=O)[nH]c(N=CN(C)C)nc32)[C@@H]2OC(=O)N(Cc3ccccc3)[C@@H]21.CN(C)C=Nc1nc2c(ncn2[C@@H]2O[C@H](CO)[C@@H]3[C@H]2OC(=O)N3Cc2ccccc2)c(=O)[nH]1.COc1ccc(C(Cl)(c2ccccc2)c2ccc(OC)cc2)cc1. The number of hydrogen-bond donors (Lipinski definition) is 3. The number of ether oxygens (including phenoxy) is 6. The van der Waals surface area contributed by atoms with E-state index in [9.17, 15) is 24.3 Å². The molecule has 4 aliphatic rings. The van der Waals surface area contributed by atoms with Gasteiger partial charge in [-0.25, -0.2) is 29.5 Å². The lowest BCUT2D eigenvalue weighted by Gasteiger charge is -2.29. The smallest absolute Gasteiger partial charge is 0.411 e. The van der Waals surface area contributed by atoms with Crippen molar-refractivity contribution in [3.05, 3.63) is 201 Å². The fourth-order valence-electron chi connectivity index (χ4n) is 11.4. The van der Waals surface area contributed by atoms with Gasteiger partial charge in [0.1, 0.15) is 34.6 Å². The number of nitrogens with zero attached hydrogens (tertiary/aromatic N) is 12. The third kappa shape index (κ3) is 13.2. The molecule has 0 spiro atoms. The number of aromatic nitrogens is 8. The summed E-state index contributed by atoms with van der Waals surface area (Å²) >= 11 is 7.22. The molecule has 3 N–H and O–H groups in total. The average molecular weight is 1260 g/mol. The normalized spacial score (nSPS) is 20.8. The molecule has 5 aromatic carbocycles. The van der Waals surface area contributed by atoms with E-state index in [4.69, 9.17) is 40.0 Å². The van der Waals surface area contributed by atoms with Crippen molar-refractivity contribution in [3.8, 4) is 11.5 Å². The molecule has 2 amide bonds. The lowest BCUT2D eigenvalue weighted by molar-refractivity contribution is -0.0609. The molecule has 9 aromatic rings. The van der Waals surface area contributed by atoms with Gasteiger partial charge in [-0.05, 0) is 58.5 Å². The Morgan fingerprint density at radius 2 is 0.978 bits per heavy atom. The van der Waals surface area contributed by atoms with Crippen LogP contribution in [0.4, 0.5) is 21.5 Å². The first-order chi connectivity index (χ1) is 43.6. The molecule has 13 rings (SSSR count). The fourth-order valence-corrected chi connectivity index (χ4v) is 11.7. The Kier molecular flexibility index (Phi) is 19.6. The summed E-state index contributed by atoms with van der Waals surface area (Å²) in [5.41, 5.74) is 4.92. The number of benzene rings is 5. The highest BCUT2D eigenvalue weighted by Crippen LogP contribution is 2.45. The number of imidazole rings is 2. The van der Waals surface area contributed by atoms with E-state index in [0.29, 0.717) is 25.2 Å². The molecule has 8 atom stereocenters. The second-order valence-corrected chi connectivity index (χ2v) is 22.5. The van der Waals surface area contributed by atoms with Gasteiger partial charge in [0.25, 0.3) is 11.1 Å². The number of aliphatic imine (C=N–C) groups is 2. The standard InChI is InChI=1S/C22H25N7O4.C21H19ClO2.C21H23N7O5.CH4/c1-4-14-16-17(33-22(31)28(16)10-13-8-6-5-7-9-13)20(32-14)29-12-23-15-18(29)25-21(26-19(15)30)24-11-27(2)3;1-23-19-12-8-17(9-13-19)21(22,16-6-4-3-5-7-16)18-10-14-20(24-2)15-11-18;1-26(2)10-23-20-24-17-14(18(30)25-20)22-11-28(17)19-16-15(13(9-29)32-19)27(21(31)33-16)8-12-6-4-3-5-7-12;/h5-9,11-12,14,16-17,20H,4,10H2,1-3H3,(H,25,26,30);3-15H,1-2H3;3-7,10-11,13,15-16,19,29H,8-9H2,1-2H3,(H,24,25,30);1H4/t14-,16-,17-,20-;;13-,15-,16-,19-;/m1.1./s1. The largest absolute Gasteiger partial charge is 0.497 e. The summed E-state index contributed by atoms with van der Waals surface area (Å²) < 4.78 is 37.6. The van der Waals surface area contributed by atoms with E-state index in [1.165, 1.54) is 19.0 Å². The number of amides is 2. The van der Waals surface area contributed by atoms with Crippen LogP contribution in [0.1, 0.15) is 61.0 Å². The molecule has 474 valence electrons. The number of methoxy groups -OCH3 is 2. The molecule has 26 heteroatoms. The molecule has 4 aromatic heterocycles. The maximum atomic E-state index is 12.8. The molecule has 4 fully saturated rings. The van der Waals surface area contributed by atoms with Crippen molar-refractivity contribution in [1.82, 2.24) is 58.6 Å². The molecule has 0 saturated carbocycles. The van der Waals surface area contributed by atoms with Gasteiger partial charge in [0.05, 0.1) is 52.3 Å². The first kappa shape index (κ1) is 64.0. The van der Waals surface area contributed by atoms with Crippen molar-refractivity contribution in [2.24, 2.45) is 9.98 Å². The highest BCUT2D eigenvalue weighted by Gasteiger charge is 2.58. The van der Waals surface area contributed by atoms with Gasteiger partial charge in [0.15, 0.2) is 47.0 Å². The quantitative estimate of drug-likeness (QED) is 0.0333. The molecule has 0 bridgehead atoms. The van der Waals surface area contributed by atoms with Gasteiger partial charge in [0, 0.05) is 41.3 Å². The number of H-pyrrole nitrogens is 2. The molecule has 0 aliphatic carbocycles. The monoisotopic (exact) mass is 1260 g/mol. The Bertz CT molecular complexity index is 3890. The van der Waals surface area contributed by atoms with Crippen LogP contribution in [-0.4, -0.2) is 174 Å². The van der Waals surface area contributed by atoms with Gasteiger partial charge < -0.3 is 43.3 Å². The van der Waals surface area contributed by atoms with Crippen molar-refractivity contribution < 1.29 is 43.1 Å². The van der Waals surface area contributed by atoms with E-state index < -0.39 is 58.9 Å². The number of carbonyl (C=O) groups excluding carboxylic acids is 2. The molecule has 0 unspecified atom stereocenters. The summed E-state index contributed by atoms with van der Waals surface area (Å²) in [7, 11) is 10.5. The van der Waals surface area contributed by atoms with E-state index in [2.05, 4.69) is 39.9 Å². The third-order valence-electron chi connectivity index (χ3n) is 15.6. The number of aromatic amines is 2. The third-order valence-corrected chi connectivity index (χ3v) is 16.3. The molecule has 4 saturated heterocycles. The van der Waals surface area contributed by atoms with E-state index in [1.54, 1.807) is 63.4 Å². The predicted octanol–water partition coefficient (Wildman–Crippen LogP) is 8.53. The van der Waals surface area contributed by atoms with Crippen molar-refractivity contribution in [2.45, 2.75) is 87.7 Å². The minimum atomic E-state index is -0.818. The number of alkyl halides is 1. The van der Waals surface area contributed by atoms with Crippen molar-refractivity contribution in [1.29, 1.82) is 0 Å². The van der Waals surface area contributed by atoms with Crippen LogP contribution in [0.5, 0.6) is 11.5 Å². The van der Waals surface area contributed by atoms with Crippen LogP contribution in [0, 0.1) is 0 Å². The van der Waals surface area contributed by atoms with E-state index in [-0.39, 0.29) is 60.8 Å². The Hall–Kier alpha value is -9.95. The van der Waals surface area contributed by atoms with E-state index >= 15 is 0 Å². The topological polar surface area (TPSA) is 275 Å². The molecule has 25 nitrogen and oxygen atoms in total. The lowest BCUT2D eigenvalue weighted by atomic mass is 9.84. The van der Waals surface area contributed by atoms with Crippen LogP contribution < -0.4 is 20.6 Å². The van der Waals surface area contributed by atoms with Crippen LogP contribution in [0.15, 0.2) is 172 Å². The van der Waals surface area contributed by atoms with Crippen LogP contribution in [-0.2, 0) is 36.9 Å². The molecule has 8 heterocycles. The first-order valence-corrected chi connectivity index (χ1v) is 29.3. The van der Waals surface area contributed by atoms with Gasteiger partial charge in [-0.2, -0.15) is 9.97 Å². The number of hydrogen-bond acceptors (Lipinski definition) is 17. The Labute approximate surface area is 529 Å². The predicted molar refractivity (Wildman–Crippen MR) is 342 cm³/mol. The number of halogens is 1. The van der Waals surface area contributed by atoms with Crippen LogP contribution in [0.3, 0.4) is 0 Å². The van der Waals surface area contributed by atoms with Gasteiger partial charge in [-0.1, -0.05) is 130 Å². The number of fused-ring (bicyclic) bond motifs is 4. The fraction of sp³-hybridized carbons (Fsp3) is 0.323. The molecule has 0 radical (unpaired) electrons. The lowest BCUT2D eigenvalue weighted by Crippen LogP contribution is -2.42. The Balaban J connectivity index is 0.000000151. The second kappa shape index (κ2) is 27.8. The van der Waals surface area contributed by atoms with Crippen molar-refractivity contribution in [3.63, 3.8) is 0 Å². The second-order valence-electron chi connectivity index (χ2n) is 22.0. The van der Waals surface area contributed by atoms with E-state index in [1.807, 2.05) is 161 Å².